The molecule has 0 atom stereocenters. The number of nitrogens with one attached hydrogen (secondary N) is 2. The van der Waals surface area contributed by atoms with Crippen LogP contribution < -0.4 is 15.4 Å². The van der Waals surface area contributed by atoms with E-state index in [1.807, 2.05) is 14.0 Å². The van der Waals surface area contributed by atoms with E-state index in [1.54, 1.807) is 12.1 Å². The van der Waals surface area contributed by atoms with Crippen LogP contribution in [0.5, 0.6) is 5.75 Å². The van der Waals surface area contributed by atoms with Gasteiger partial charge >= 0.3 is 0 Å². The molecule has 26 heavy (non-hydrogen) atoms. The number of hydrogen-bond acceptors (Lipinski definition) is 5. The van der Waals surface area contributed by atoms with Gasteiger partial charge in [0.25, 0.3) is 0 Å². The van der Waals surface area contributed by atoms with Gasteiger partial charge in [0, 0.05) is 25.2 Å². The predicted octanol–water partition coefficient (Wildman–Crippen LogP) is 2.20. The standard InChI is InChI=1S/C18H29N3O4S/c1-3-25-16-10-9-15(20-18(22)8-7-11-19-2)14-17(16)26(23,24)21-12-5-4-6-13-21/h9-10,14,19H,3-8,11-13H2,1-2H3,(H,20,22). The summed E-state index contributed by atoms with van der Waals surface area (Å²) in [4.78, 5) is 12.2. The minimum absolute atomic E-state index is 0.120. The summed E-state index contributed by atoms with van der Waals surface area (Å²) in [6.07, 6.45) is 3.88. The maximum Gasteiger partial charge on any atom is 0.246 e. The third-order valence-electron chi connectivity index (χ3n) is 4.29. The number of carbonyl (C=O) groups excluding carboxylic acids is 1. The van der Waals surface area contributed by atoms with Gasteiger partial charge in [0.2, 0.25) is 15.9 Å². The van der Waals surface area contributed by atoms with Crippen LogP contribution in [0, 0.1) is 0 Å². The number of carbonyl (C=O) groups is 1. The molecule has 1 heterocycles. The van der Waals surface area contributed by atoms with E-state index < -0.39 is 10.0 Å². The molecule has 0 spiro atoms. The second-order valence-electron chi connectivity index (χ2n) is 6.31. The minimum Gasteiger partial charge on any atom is -0.492 e. The second kappa shape index (κ2) is 9.89. The Bertz CT molecular complexity index is 700. The Hall–Kier alpha value is -1.64. The van der Waals surface area contributed by atoms with E-state index in [2.05, 4.69) is 10.6 Å². The molecule has 0 bridgehead atoms. The molecule has 1 saturated heterocycles. The molecule has 7 nitrogen and oxygen atoms in total. The Labute approximate surface area is 156 Å². The molecule has 0 unspecified atom stereocenters. The molecule has 2 N–H and O–H groups in total. The van der Waals surface area contributed by atoms with Crippen LogP contribution in [-0.4, -0.2) is 51.9 Å². The van der Waals surface area contributed by atoms with Gasteiger partial charge in [-0.15, -0.1) is 0 Å². The van der Waals surface area contributed by atoms with E-state index in [4.69, 9.17) is 4.74 Å². The van der Waals surface area contributed by atoms with Crippen LogP contribution in [0.4, 0.5) is 5.69 Å². The Kier molecular flexibility index (Phi) is 7.86. The molecule has 0 aliphatic carbocycles. The smallest absolute Gasteiger partial charge is 0.246 e. The first-order chi connectivity index (χ1) is 12.5. The number of anilines is 1. The van der Waals surface area contributed by atoms with Crippen LogP contribution in [0.3, 0.4) is 0 Å². The zero-order valence-electron chi connectivity index (χ0n) is 15.6. The van der Waals surface area contributed by atoms with Gasteiger partial charge in [-0.3, -0.25) is 4.79 Å². The molecule has 8 heteroatoms. The molecule has 1 aromatic carbocycles. The Morgan fingerprint density at radius 2 is 1.96 bits per heavy atom. The third kappa shape index (κ3) is 5.43. The first kappa shape index (κ1) is 20.7. The summed E-state index contributed by atoms with van der Waals surface area (Å²) in [7, 11) is -1.81. The molecule has 2 rings (SSSR count). The van der Waals surface area contributed by atoms with E-state index in [0.29, 0.717) is 37.6 Å². The lowest BCUT2D eigenvalue weighted by Crippen LogP contribution is -2.35. The fraction of sp³-hybridized carbons (Fsp3) is 0.611. The molecule has 0 aromatic heterocycles. The Balaban J connectivity index is 2.23. The lowest BCUT2D eigenvalue weighted by atomic mass is 10.2. The van der Waals surface area contributed by atoms with E-state index in [1.165, 1.54) is 10.4 Å². The molecule has 146 valence electrons. The predicted molar refractivity (Wildman–Crippen MR) is 102 cm³/mol. The summed E-state index contributed by atoms with van der Waals surface area (Å²) in [6, 6.07) is 4.80. The van der Waals surface area contributed by atoms with Crippen LogP contribution in [0.25, 0.3) is 0 Å². The second-order valence-corrected chi connectivity index (χ2v) is 8.22. The lowest BCUT2D eigenvalue weighted by Gasteiger charge is -2.27. The molecule has 1 aliphatic rings. The summed E-state index contributed by atoms with van der Waals surface area (Å²) >= 11 is 0. The highest BCUT2D eigenvalue weighted by atomic mass is 32.2. The Morgan fingerprint density at radius 3 is 2.62 bits per heavy atom. The van der Waals surface area contributed by atoms with Crippen LogP contribution in [-0.2, 0) is 14.8 Å². The lowest BCUT2D eigenvalue weighted by molar-refractivity contribution is -0.116. The summed E-state index contributed by atoms with van der Waals surface area (Å²) in [5.74, 6) is 0.192. The fourth-order valence-electron chi connectivity index (χ4n) is 2.96. The number of hydrogen-bond donors (Lipinski definition) is 2. The third-order valence-corrected chi connectivity index (χ3v) is 6.21. The van der Waals surface area contributed by atoms with Gasteiger partial charge in [0.1, 0.15) is 10.6 Å². The number of rotatable bonds is 9. The van der Waals surface area contributed by atoms with Crippen molar-refractivity contribution in [3.8, 4) is 5.75 Å². The molecular weight excluding hydrogens is 354 g/mol. The summed E-state index contributed by atoms with van der Waals surface area (Å²) in [5, 5.41) is 5.77. The molecular formula is C18H29N3O4S. The first-order valence-electron chi connectivity index (χ1n) is 9.20. The molecule has 1 fully saturated rings. The normalized spacial score (nSPS) is 15.6. The van der Waals surface area contributed by atoms with Crippen molar-refractivity contribution < 1.29 is 17.9 Å². The van der Waals surface area contributed by atoms with Crippen LogP contribution in [0.2, 0.25) is 0 Å². The molecule has 1 aromatic rings. The topological polar surface area (TPSA) is 87.7 Å². The fourth-order valence-corrected chi connectivity index (χ4v) is 4.63. The number of nitrogens with zero attached hydrogens (tertiary/aromatic N) is 1. The van der Waals surface area contributed by atoms with Crippen molar-refractivity contribution in [2.75, 3.05) is 38.6 Å². The number of sulfonamides is 1. The van der Waals surface area contributed by atoms with Crippen LogP contribution >= 0.6 is 0 Å². The molecule has 0 saturated carbocycles. The van der Waals surface area contributed by atoms with Gasteiger partial charge in [-0.1, -0.05) is 6.42 Å². The van der Waals surface area contributed by atoms with Gasteiger partial charge in [0.05, 0.1) is 6.61 Å². The van der Waals surface area contributed by atoms with Crippen molar-refractivity contribution >= 4 is 21.6 Å². The van der Waals surface area contributed by atoms with Gasteiger partial charge in [0.15, 0.2) is 0 Å². The summed E-state index contributed by atoms with van der Waals surface area (Å²) in [5.41, 5.74) is 0.471. The molecule has 1 amide bonds. The highest BCUT2D eigenvalue weighted by Crippen LogP contribution is 2.31. The molecule has 0 radical (unpaired) electrons. The van der Waals surface area contributed by atoms with Gasteiger partial charge in [-0.25, -0.2) is 8.42 Å². The van der Waals surface area contributed by atoms with Gasteiger partial charge < -0.3 is 15.4 Å². The largest absolute Gasteiger partial charge is 0.492 e. The quantitative estimate of drug-likeness (QED) is 0.638. The number of piperidine rings is 1. The Morgan fingerprint density at radius 1 is 1.23 bits per heavy atom. The number of ether oxygens (including phenoxy) is 1. The van der Waals surface area contributed by atoms with Crippen LogP contribution in [0.15, 0.2) is 23.1 Å². The van der Waals surface area contributed by atoms with Crippen LogP contribution in [0.1, 0.15) is 39.0 Å². The van der Waals surface area contributed by atoms with Crippen molar-refractivity contribution in [2.24, 2.45) is 0 Å². The average molecular weight is 384 g/mol. The average Bonchev–Trinajstić information content (AvgIpc) is 2.64. The molecule has 1 aliphatic heterocycles. The van der Waals surface area contributed by atoms with Crippen molar-refractivity contribution in [1.29, 1.82) is 0 Å². The number of amides is 1. The zero-order chi connectivity index (χ0) is 19.0. The van der Waals surface area contributed by atoms with Gasteiger partial charge in [-0.2, -0.15) is 4.31 Å². The van der Waals surface area contributed by atoms with E-state index in [0.717, 1.165) is 32.2 Å². The monoisotopic (exact) mass is 383 g/mol. The van der Waals surface area contributed by atoms with E-state index in [9.17, 15) is 13.2 Å². The van der Waals surface area contributed by atoms with E-state index in [-0.39, 0.29) is 10.8 Å². The maximum absolute atomic E-state index is 13.1. The van der Waals surface area contributed by atoms with Crippen molar-refractivity contribution in [3.05, 3.63) is 18.2 Å². The van der Waals surface area contributed by atoms with E-state index >= 15 is 0 Å². The van der Waals surface area contributed by atoms with Crippen molar-refractivity contribution in [2.45, 2.75) is 43.9 Å². The van der Waals surface area contributed by atoms with Crippen molar-refractivity contribution in [3.63, 3.8) is 0 Å². The highest BCUT2D eigenvalue weighted by molar-refractivity contribution is 7.89. The summed E-state index contributed by atoms with van der Waals surface area (Å²) < 4.78 is 33.1. The first-order valence-corrected chi connectivity index (χ1v) is 10.6. The van der Waals surface area contributed by atoms with Crippen molar-refractivity contribution in [1.82, 2.24) is 9.62 Å². The zero-order valence-corrected chi connectivity index (χ0v) is 16.4. The number of benzene rings is 1. The SMILES string of the molecule is CCOc1ccc(NC(=O)CCCNC)cc1S(=O)(=O)N1CCCCC1. The minimum atomic E-state index is -3.65. The summed E-state index contributed by atoms with van der Waals surface area (Å²) in [6.45, 7) is 3.99. The van der Waals surface area contributed by atoms with Gasteiger partial charge in [-0.05, 0) is 58.0 Å². The highest BCUT2D eigenvalue weighted by Gasteiger charge is 2.29. The maximum atomic E-state index is 13.1.